The van der Waals surface area contributed by atoms with Gasteiger partial charge in [-0.15, -0.1) is 11.3 Å². The molecule has 9 heteroatoms. The fraction of sp³-hybridized carbons (Fsp3) is 0.208. The Bertz CT molecular complexity index is 1370. The van der Waals surface area contributed by atoms with Crippen LogP contribution in [0, 0.1) is 6.92 Å². The molecule has 166 valence electrons. The smallest absolute Gasteiger partial charge is 0.256 e. The van der Waals surface area contributed by atoms with Crippen LogP contribution in [0.1, 0.15) is 35.3 Å². The molecule has 5 rings (SSSR count). The van der Waals surface area contributed by atoms with Crippen molar-refractivity contribution in [2.75, 3.05) is 10.2 Å². The molecule has 0 unspecified atom stereocenters. The SMILES string of the molecule is Cc1nn(C)c2nc(-c3cccs3)cc(C(=O)Nc3ccc(N4C(=O)CCCC4=O)cc3)c12. The first-order chi connectivity index (χ1) is 15.9. The number of anilines is 2. The van der Waals surface area contributed by atoms with E-state index in [1.165, 1.54) is 4.90 Å². The molecule has 1 aliphatic heterocycles. The molecule has 0 atom stereocenters. The third-order valence-corrected chi connectivity index (χ3v) is 6.54. The summed E-state index contributed by atoms with van der Waals surface area (Å²) in [6, 6.07) is 12.4. The van der Waals surface area contributed by atoms with Crippen LogP contribution in [0.5, 0.6) is 0 Å². The molecule has 4 heterocycles. The Morgan fingerprint density at radius 3 is 2.48 bits per heavy atom. The highest BCUT2D eigenvalue weighted by Crippen LogP contribution is 2.30. The largest absolute Gasteiger partial charge is 0.322 e. The predicted octanol–water partition coefficient (Wildman–Crippen LogP) is 4.30. The molecule has 8 nitrogen and oxygen atoms in total. The van der Waals surface area contributed by atoms with Gasteiger partial charge in [0.15, 0.2) is 5.65 Å². The van der Waals surface area contributed by atoms with E-state index in [9.17, 15) is 14.4 Å². The Balaban J connectivity index is 1.47. The van der Waals surface area contributed by atoms with Crippen molar-refractivity contribution in [3.8, 4) is 10.6 Å². The molecular weight excluding hydrogens is 438 g/mol. The number of aromatic nitrogens is 3. The highest BCUT2D eigenvalue weighted by molar-refractivity contribution is 7.13. The molecule has 1 N–H and O–H groups in total. The van der Waals surface area contributed by atoms with Gasteiger partial charge in [-0.05, 0) is 55.1 Å². The van der Waals surface area contributed by atoms with E-state index >= 15 is 0 Å². The van der Waals surface area contributed by atoms with Crippen molar-refractivity contribution in [3.63, 3.8) is 0 Å². The van der Waals surface area contributed by atoms with Crippen LogP contribution in [0.3, 0.4) is 0 Å². The zero-order chi connectivity index (χ0) is 23.1. The first-order valence-electron chi connectivity index (χ1n) is 10.6. The van der Waals surface area contributed by atoms with Crippen LogP contribution in [0.4, 0.5) is 11.4 Å². The fourth-order valence-corrected chi connectivity index (χ4v) is 4.79. The third kappa shape index (κ3) is 3.80. The van der Waals surface area contributed by atoms with Gasteiger partial charge in [-0.1, -0.05) is 6.07 Å². The summed E-state index contributed by atoms with van der Waals surface area (Å²) in [5.41, 5.74) is 3.63. The molecule has 33 heavy (non-hydrogen) atoms. The Morgan fingerprint density at radius 1 is 1.09 bits per heavy atom. The topological polar surface area (TPSA) is 97.2 Å². The lowest BCUT2D eigenvalue weighted by Gasteiger charge is -2.25. The van der Waals surface area contributed by atoms with Crippen LogP contribution in [0.15, 0.2) is 47.8 Å². The van der Waals surface area contributed by atoms with Gasteiger partial charge < -0.3 is 5.32 Å². The average Bonchev–Trinajstić information content (AvgIpc) is 3.43. The van der Waals surface area contributed by atoms with Crippen molar-refractivity contribution in [1.82, 2.24) is 14.8 Å². The van der Waals surface area contributed by atoms with E-state index < -0.39 is 0 Å². The lowest BCUT2D eigenvalue weighted by Crippen LogP contribution is -2.40. The second kappa shape index (κ2) is 8.25. The molecule has 0 saturated carbocycles. The zero-order valence-corrected chi connectivity index (χ0v) is 19.0. The second-order valence-corrected chi connectivity index (χ2v) is 8.87. The van der Waals surface area contributed by atoms with Crippen LogP contribution in [0.25, 0.3) is 21.6 Å². The second-order valence-electron chi connectivity index (χ2n) is 7.92. The summed E-state index contributed by atoms with van der Waals surface area (Å²) in [5.74, 6) is -0.681. The number of thiophene rings is 1. The van der Waals surface area contributed by atoms with E-state index in [-0.39, 0.29) is 17.7 Å². The summed E-state index contributed by atoms with van der Waals surface area (Å²) in [5, 5.41) is 10.0. The molecule has 1 aromatic carbocycles. The molecule has 1 aliphatic rings. The summed E-state index contributed by atoms with van der Waals surface area (Å²) in [4.78, 5) is 44.5. The quantitative estimate of drug-likeness (QED) is 0.459. The minimum absolute atomic E-state index is 0.199. The maximum atomic E-state index is 13.3. The monoisotopic (exact) mass is 459 g/mol. The Hall–Kier alpha value is -3.85. The Morgan fingerprint density at radius 2 is 1.82 bits per heavy atom. The van der Waals surface area contributed by atoms with Gasteiger partial charge in [-0.25, -0.2) is 4.98 Å². The van der Waals surface area contributed by atoms with Crippen molar-refractivity contribution in [1.29, 1.82) is 0 Å². The van der Waals surface area contributed by atoms with Crippen molar-refractivity contribution < 1.29 is 14.4 Å². The Labute approximate surface area is 193 Å². The number of amides is 3. The van der Waals surface area contributed by atoms with Gasteiger partial charge in [0.05, 0.1) is 32.9 Å². The summed E-state index contributed by atoms with van der Waals surface area (Å²) >= 11 is 1.55. The summed E-state index contributed by atoms with van der Waals surface area (Å²) in [6.07, 6.45) is 1.31. The van der Waals surface area contributed by atoms with Crippen molar-refractivity contribution in [2.45, 2.75) is 26.2 Å². The number of fused-ring (bicyclic) bond motifs is 1. The number of hydrogen-bond donors (Lipinski definition) is 1. The van der Waals surface area contributed by atoms with Crippen LogP contribution in [-0.4, -0.2) is 32.5 Å². The molecule has 1 fully saturated rings. The Kier molecular flexibility index (Phi) is 5.26. The van der Waals surface area contributed by atoms with Crippen LogP contribution in [-0.2, 0) is 16.6 Å². The number of benzene rings is 1. The number of nitrogens with one attached hydrogen (secondary N) is 1. The van der Waals surface area contributed by atoms with E-state index in [0.717, 1.165) is 10.6 Å². The van der Waals surface area contributed by atoms with Crippen molar-refractivity contribution >= 4 is 51.5 Å². The van der Waals surface area contributed by atoms with E-state index in [4.69, 9.17) is 4.98 Å². The number of carbonyl (C=O) groups is 3. The summed E-state index contributed by atoms with van der Waals surface area (Å²) in [7, 11) is 1.81. The molecule has 0 aliphatic carbocycles. The van der Waals surface area contributed by atoms with Crippen LogP contribution < -0.4 is 10.2 Å². The molecule has 0 radical (unpaired) electrons. The minimum Gasteiger partial charge on any atom is -0.322 e. The third-order valence-electron chi connectivity index (χ3n) is 5.65. The number of hydrogen-bond acceptors (Lipinski definition) is 6. The molecule has 0 spiro atoms. The van der Waals surface area contributed by atoms with Gasteiger partial charge in [0.2, 0.25) is 11.8 Å². The highest BCUT2D eigenvalue weighted by atomic mass is 32.1. The standard InChI is InChI=1S/C24H21N5O3S/c1-14-22-17(13-18(19-5-4-12-33-19)26-23(22)28(2)27-14)24(32)25-15-8-10-16(11-9-15)29-20(30)6-3-7-21(29)31/h4-5,8-13H,3,6-7H2,1-2H3,(H,25,32). The summed E-state index contributed by atoms with van der Waals surface area (Å²) < 4.78 is 1.68. The zero-order valence-electron chi connectivity index (χ0n) is 18.2. The first-order valence-corrected chi connectivity index (χ1v) is 11.5. The van der Waals surface area contributed by atoms with Crippen LogP contribution in [0.2, 0.25) is 0 Å². The van der Waals surface area contributed by atoms with Gasteiger partial charge in [-0.2, -0.15) is 5.10 Å². The normalized spacial score (nSPS) is 14.2. The summed E-state index contributed by atoms with van der Waals surface area (Å²) in [6.45, 7) is 1.85. The lowest BCUT2D eigenvalue weighted by molar-refractivity contribution is -0.129. The van der Waals surface area contributed by atoms with E-state index in [1.807, 2.05) is 31.5 Å². The van der Waals surface area contributed by atoms with E-state index in [1.54, 1.807) is 46.4 Å². The number of rotatable bonds is 4. The molecule has 0 bridgehead atoms. The molecule has 4 aromatic rings. The van der Waals surface area contributed by atoms with Crippen molar-refractivity contribution in [2.24, 2.45) is 7.05 Å². The van der Waals surface area contributed by atoms with E-state index in [2.05, 4.69) is 10.4 Å². The average molecular weight is 460 g/mol. The number of carbonyl (C=O) groups excluding carboxylic acids is 3. The van der Waals surface area contributed by atoms with Gasteiger partial charge in [0.1, 0.15) is 0 Å². The number of imide groups is 1. The minimum atomic E-state index is -0.283. The number of pyridine rings is 1. The van der Waals surface area contributed by atoms with Gasteiger partial charge >= 0.3 is 0 Å². The highest BCUT2D eigenvalue weighted by Gasteiger charge is 2.27. The first kappa shape index (κ1) is 21.0. The maximum absolute atomic E-state index is 13.3. The number of piperidine rings is 1. The lowest BCUT2D eigenvalue weighted by atomic mass is 10.1. The maximum Gasteiger partial charge on any atom is 0.256 e. The predicted molar refractivity (Wildman–Crippen MR) is 127 cm³/mol. The van der Waals surface area contributed by atoms with Gasteiger partial charge in [0, 0.05) is 25.6 Å². The molecule has 3 amide bonds. The van der Waals surface area contributed by atoms with Gasteiger partial charge in [0.25, 0.3) is 5.91 Å². The molecule has 1 saturated heterocycles. The fourth-order valence-electron chi connectivity index (χ4n) is 4.11. The van der Waals surface area contributed by atoms with Crippen LogP contribution >= 0.6 is 11.3 Å². The van der Waals surface area contributed by atoms with E-state index in [0.29, 0.717) is 52.9 Å². The van der Waals surface area contributed by atoms with Gasteiger partial charge in [-0.3, -0.25) is 24.0 Å². The molecule has 3 aromatic heterocycles. The van der Waals surface area contributed by atoms with Crippen molar-refractivity contribution in [3.05, 3.63) is 59.1 Å². The number of nitrogens with zero attached hydrogens (tertiary/aromatic N) is 4. The number of aryl methyl sites for hydroxylation is 2. The molecular formula is C24H21N5O3S.